The predicted molar refractivity (Wildman–Crippen MR) is 62.6 cm³/mol. The molecule has 0 saturated carbocycles. The first-order chi connectivity index (χ1) is 8.80. The van der Waals surface area contributed by atoms with Gasteiger partial charge in [0.25, 0.3) is 5.91 Å². The van der Waals surface area contributed by atoms with Crippen molar-refractivity contribution in [3.63, 3.8) is 0 Å². The van der Waals surface area contributed by atoms with Gasteiger partial charge in [-0.05, 0) is 26.2 Å². The van der Waals surface area contributed by atoms with E-state index in [-0.39, 0.29) is 17.6 Å². The van der Waals surface area contributed by atoms with E-state index in [0.717, 1.165) is 30.0 Å². The molecular weight excluding hydrogens is 259 g/mol. The van der Waals surface area contributed by atoms with Crippen LogP contribution in [0.25, 0.3) is 0 Å². The Morgan fingerprint density at radius 2 is 2.11 bits per heavy atom. The summed E-state index contributed by atoms with van der Waals surface area (Å²) < 4.78 is 38.7. The van der Waals surface area contributed by atoms with Gasteiger partial charge in [0, 0.05) is 25.7 Å². The van der Waals surface area contributed by atoms with Crippen molar-refractivity contribution in [1.29, 1.82) is 0 Å². The number of carbonyl (C=O) groups is 1. The Kier molecular flexibility index (Phi) is 3.56. The summed E-state index contributed by atoms with van der Waals surface area (Å²) in [6, 6.07) is 0.884. The van der Waals surface area contributed by atoms with Gasteiger partial charge in [0.1, 0.15) is 5.69 Å². The number of likely N-dealkylation sites (tertiary alicyclic amines) is 1. The molecule has 1 unspecified atom stereocenters. The predicted octanol–water partition coefficient (Wildman–Crippen LogP) is 2.45. The monoisotopic (exact) mass is 275 g/mol. The van der Waals surface area contributed by atoms with E-state index in [1.165, 1.54) is 7.05 Å². The molecule has 1 aliphatic heterocycles. The number of carbonyl (C=O) groups excluding carboxylic acids is 1. The number of rotatable bonds is 1. The third-order valence-corrected chi connectivity index (χ3v) is 3.45. The van der Waals surface area contributed by atoms with Crippen LogP contribution < -0.4 is 0 Å². The van der Waals surface area contributed by atoms with Gasteiger partial charge in [0.15, 0.2) is 5.69 Å². The summed E-state index contributed by atoms with van der Waals surface area (Å²) in [6.45, 7) is 2.50. The molecule has 0 bridgehead atoms. The molecule has 1 saturated heterocycles. The van der Waals surface area contributed by atoms with Gasteiger partial charge in [-0.25, -0.2) is 0 Å². The van der Waals surface area contributed by atoms with Gasteiger partial charge >= 0.3 is 6.18 Å². The number of alkyl halides is 3. The number of aryl methyl sites for hydroxylation is 1. The topological polar surface area (TPSA) is 38.1 Å². The van der Waals surface area contributed by atoms with Crippen molar-refractivity contribution < 1.29 is 18.0 Å². The Morgan fingerprint density at radius 1 is 1.42 bits per heavy atom. The fraction of sp³-hybridized carbons (Fsp3) is 0.667. The fourth-order valence-corrected chi connectivity index (χ4v) is 2.35. The lowest BCUT2D eigenvalue weighted by Crippen LogP contribution is -2.42. The second-order valence-electron chi connectivity index (χ2n) is 4.88. The van der Waals surface area contributed by atoms with E-state index in [1.54, 1.807) is 4.90 Å². The van der Waals surface area contributed by atoms with Crippen molar-refractivity contribution in [2.75, 3.05) is 6.54 Å². The highest BCUT2D eigenvalue weighted by Crippen LogP contribution is 2.29. The van der Waals surface area contributed by atoms with E-state index in [9.17, 15) is 18.0 Å². The summed E-state index contributed by atoms with van der Waals surface area (Å²) in [5.74, 6) is -0.377. The number of hydrogen-bond donors (Lipinski definition) is 0. The second-order valence-corrected chi connectivity index (χ2v) is 4.88. The Hall–Kier alpha value is -1.53. The zero-order valence-electron chi connectivity index (χ0n) is 10.9. The highest BCUT2D eigenvalue weighted by molar-refractivity contribution is 5.93. The Balaban J connectivity index is 2.26. The average Bonchev–Trinajstić information content (AvgIpc) is 2.71. The smallest absolute Gasteiger partial charge is 0.335 e. The molecule has 0 spiro atoms. The van der Waals surface area contributed by atoms with Crippen LogP contribution in [0.1, 0.15) is 42.4 Å². The molecule has 1 aromatic heterocycles. The number of aromatic nitrogens is 2. The summed E-state index contributed by atoms with van der Waals surface area (Å²) in [5.41, 5.74) is -1.04. The molecule has 1 aliphatic rings. The first-order valence-electron chi connectivity index (χ1n) is 6.23. The third-order valence-electron chi connectivity index (χ3n) is 3.45. The van der Waals surface area contributed by atoms with Gasteiger partial charge in [0.2, 0.25) is 0 Å². The molecule has 0 aliphatic carbocycles. The molecule has 1 aromatic rings. The highest BCUT2D eigenvalue weighted by Gasteiger charge is 2.36. The van der Waals surface area contributed by atoms with E-state index in [2.05, 4.69) is 5.10 Å². The zero-order valence-corrected chi connectivity index (χ0v) is 10.9. The minimum Gasteiger partial charge on any atom is -0.335 e. The first kappa shape index (κ1) is 13.9. The molecule has 19 heavy (non-hydrogen) atoms. The van der Waals surface area contributed by atoms with E-state index in [0.29, 0.717) is 6.54 Å². The van der Waals surface area contributed by atoms with Crippen LogP contribution in [0.4, 0.5) is 13.2 Å². The second kappa shape index (κ2) is 4.86. The highest BCUT2D eigenvalue weighted by atomic mass is 19.4. The SMILES string of the molecule is CC1CCCCN1C(=O)c1cc(C(F)(F)F)nn1C. The standard InChI is InChI=1S/C12H16F3N3O/c1-8-5-3-4-6-18(8)11(19)9-7-10(12(13,14)15)16-17(9)2/h7-8H,3-6H2,1-2H3. The maximum Gasteiger partial charge on any atom is 0.435 e. The van der Waals surface area contributed by atoms with Crippen LogP contribution >= 0.6 is 0 Å². The number of piperidine rings is 1. The molecule has 0 aromatic carbocycles. The molecule has 7 heteroatoms. The molecule has 1 fully saturated rings. The van der Waals surface area contributed by atoms with E-state index in [4.69, 9.17) is 0 Å². The van der Waals surface area contributed by atoms with Crippen molar-refractivity contribution in [3.8, 4) is 0 Å². The van der Waals surface area contributed by atoms with Crippen LogP contribution in [-0.4, -0.2) is 33.2 Å². The molecule has 4 nitrogen and oxygen atoms in total. The van der Waals surface area contributed by atoms with Gasteiger partial charge in [-0.2, -0.15) is 18.3 Å². The summed E-state index contributed by atoms with van der Waals surface area (Å²) in [5, 5.41) is 3.37. The minimum absolute atomic E-state index is 0.0129. The zero-order chi connectivity index (χ0) is 14.2. The maximum atomic E-state index is 12.6. The summed E-state index contributed by atoms with van der Waals surface area (Å²) in [6.07, 6.45) is -1.70. The Labute approximate surface area is 109 Å². The quantitative estimate of drug-likeness (QED) is 0.789. The van der Waals surface area contributed by atoms with Crippen LogP contribution in [0.3, 0.4) is 0 Å². The lowest BCUT2D eigenvalue weighted by molar-refractivity contribution is -0.141. The van der Waals surface area contributed by atoms with E-state index < -0.39 is 11.9 Å². The van der Waals surface area contributed by atoms with Crippen LogP contribution in [0, 0.1) is 0 Å². The minimum atomic E-state index is -4.52. The normalized spacial score (nSPS) is 20.7. The van der Waals surface area contributed by atoms with Crippen molar-refractivity contribution in [3.05, 3.63) is 17.5 Å². The largest absolute Gasteiger partial charge is 0.435 e. The number of amides is 1. The van der Waals surface area contributed by atoms with Crippen LogP contribution in [0.2, 0.25) is 0 Å². The van der Waals surface area contributed by atoms with E-state index >= 15 is 0 Å². The lowest BCUT2D eigenvalue weighted by Gasteiger charge is -2.33. The maximum absolute atomic E-state index is 12.6. The number of nitrogens with zero attached hydrogens (tertiary/aromatic N) is 3. The Bertz CT molecular complexity index is 481. The number of halogens is 3. The molecule has 1 atom stereocenters. The van der Waals surface area contributed by atoms with Gasteiger partial charge in [-0.3, -0.25) is 9.48 Å². The number of hydrogen-bond acceptors (Lipinski definition) is 2. The van der Waals surface area contributed by atoms with Crippen LogP contribution in [0.5, 0.6) is 0 Å². The molecular formula is C12H16F3N3O. The first-order valence-corrected chi connectivity index (χ1v) is 6.23. The van der Waals surface area contributed by atoms with Crippen molar-refractivity contribution in [2.24, 2.45) is 7.05 Å². The fourth-order valence-electron chi connectivity index (χ4n) is 2.35. The average molecular weight is 275 g/mol. The Morgan fingerprint density at radius 3 is 2.63 bits per heavy atom. The summed E-state index contributed by atoms with van der Waals surface area (Å²) >= 11 is 0. The van der Waals surface area contributed by atoms with Crippen molar-refractivity contribution >= 4 is 5.91 Å². The van der Waals surface area contributed by atoms with Gasteiger partial charge < -0.3 is 4.90 Å². The summed E-state index contributed by atoms with van der Waals surface area (Å²) in [7, 11) is 1.36. The van der Waals surface area contributed by atoms with E-state index in [1.807, 2.05) is 6.92 Å². The van der Waals surface area contributed by atoms with Crippen LogP contribution in [0.15, 0.2) is 6.07 Å². The molecule has 0 radical (unpaired) electrons. The molecule has 2 rings (SSSR count). The van der Waals surface area contributed by atoms with Crippen LogP contribution in [-0.2, 0) is 13.2 Å². The van der Waals surface area contributed by atoms with Gasteiger partial charge in [-0.1, -0.05) is 0 Å². The molecule has 106 valence electrons. The molecule has 1 amide bonds. The third kappa shape index (κ3) is 2.74. The molecule has 0 N–H and O–H groups in total. The van der Waals surface area contributed by atoms with Crippen molar-refractivity contribution in [1.82, 2.24) is 14.7 Å². The summed E-state index contributed by atoms with van der Waals surface area (Å²) in [4.78, 5) is 13.9. The van der Waals surface area contributed by atoms with Gasteiger partial charge in [-0.15, -0.1) is 0 Å². The molecule has 2 heterocycles. The lowest BCUT2D eigenvalue weighted by atomic mass is 10.0. The van der Waals surface area contributed by atoms with Gasteiger partial charge in [0.05, 0.1) is 0 Å². The van der Waals surface area contributed by atoms with Crippen molar-refractivity contribution in [2.45, 2.75) is 38.4 Å².